The molecule has 0 aliphatic carbocycles. The van der Waals surface area contributed by atoms with Crippen molar-refractivity contribution >= 4 is 46.5 Å². The summed E-state index contributed by atoms with van der Waals surface area (Å²) in [6.07, 6.45) is 3.37. The summed E-state index contributed by atoms with van der Waals surface area (Å²) in [6.45, 7) is 22.0. The fourth-order valence-corrected chi connectivity index (χ4v) is 3.67. The molecule has 0 atom stereocenters. The summed E-state index contributed by atoms with van der Waals surface area (Å²) in [5, 5.41) is 1.02. The van der Waals surface area contributed by atoms with Crippen LogP contribution >= 0.6 is 24.4 Å². The van der Waals surface area contributed by atoms with E-state index in [4.69, 9.17) is 24.4 Å². The van der Waals surface area contributed by atoms with Crippen LogP contribution in [0.3, 0.4) is 0 Å². The molecule has 1 saturated heterocycles. The van der Waals surface area contributed by atoms with Gasteiger partial charge in [-0.3, -0.25) is 19.4 Å². The van der Waals surface area contributed by atoms with Gasteiger partial charge in [0, 0.05) is 50.1 Å². The summed E-state index contributed by atoms with van der Waals surface area (Å²) in [4.78, 5) is 32.9. The first kappa shape index (κ1) is 26.2. The molecule has 1 rings (SSSR count). The average molecular weight is 453 g/mol. The predicted octanol–water partition coefficient (Wildman–Crippen LogP) is 3.30. The Morgan fingerprint density at radius 1 is 0.767 bits per heavy atom. The molecule has 1 aliphatic rings. The average Bonchev–Trinajstić information content (AvgIpc) is 2.67. The van der Waals surface area contributed by atoms with E-state index in [-0.39, 0.29) is 11.8 Å². The second-order valence-electron chi connectivity index (χ2n) is 9.45. The number of carbonyl (C=O) groups is 2. The molecule has 30 heavy (non-hydrogen) atoms. The first-order valence-electron chi connectivity index (χ1n) is 10.2. The lowest BCUT2D eigenvalue weighted by Gasteiger charge is -2.42. The van der Waals surface area contributed by atoms with Crippen molar-refractivity contribution in [3.05, 3.63) is 25.3 Å². The van der Waals surface area contributed by atoms with E-state index >= 15 is 0 Å². The highest BCUT2D eigenvalue weighted by molar-refractivity contribution is 7.80. The molecule has 168 valence electrons. The SMILES string of the molecule is C=CCN(C(=O)C(C)(C)C)C(=S)N1CCN(C(=S)N(CC=C)C(=O)C(C)(C)C)CC1. The Hall–Kier alpha value is -1.80. The summed E-state index contributed by atoms with van der Waals surface area (Å²) < 4.78 is 0. The lowest BCUT2D eigenvalue weighted by Crippen LogP contribution is -2.59. The standard InChI is InChI=1S/C22H36N4O2S2/c1-9-11-25(17(27)21(3,4)5)19(29)23-13-15-24(16-14-23)20(30)26(12-10-2)18(28)22(6,7)8/h9-10H,1-2,11-16H2,3-8H3. The Labute approximate surface area is 192 Å². The fraction of sp³-hybridized carbons (Fsp3) is 0.636. The molecule has 0 unspecified atom stereocenters. The topological polar surface area (TPSA) is 47.1 Å². The molecule has 0 aromatic carbocycles. The molecule has 0 aromatic rings. The minimum Gasteiger partial charge on any atom is -0.345 e. The molecular weight excluding hydrogens is 416 g/mol. The highest BCUT2D eigenvalue weighted by atomic mass is 32.1. The Morgan fingerprint density at radius 2 is 1.03 bits per heavy atom. The Kier molecular flexibility index (Phi) is 9.17. The van der Waals surface area contributed by atoms with Crippen LogP contribution in [0.4, 0.5) is 0 Å². The third-order valence-electron chi connectivity index (χ3n) is 4.68. The second-order valence-corrected chi connectivity index (χ2v) is 10.2. The van der Waals surface area contributed by atoms with E-state index in [0.717, 1.165) is 0 Å². The zero-order valence-electron chi connectivity index (χ0n) is 19.2. The summed E-state index contributed by atoms with van der Waals surface area (Å²) in [7, 11) is 0. The van der Waals surface area contributed by atoms with Crippen LogP contribution in [0.2, 0.25) is 0 Å². The largest absolute Gasteiger partial charge is 0.345 e. The number of rotatable bonds is 4. The molecular formula is C22H36N4O2S2. The molecule has 0 radical (unpaired) electrons. The van der Waals surface area contributed by atoms with Gasteiger partial charge in [-0.15, -0.1) is 13.2 Å². The molecule has 1 fully saturated rings. The summed E-state index contributed by atoms with van der Waals surface area (Å²) in [5.41, 5.74) is -1.07. The molecule has 6 nitrogen and oxygen atoms in total. The monoisotopic (exact) mass is 452 g/mol. The van der Waals surface area contributed by atoms with Crippen LogP contribution < -0.4 is 0 Å². The van der Waals surface area contributed by atoms with Crippen molar-refractivity contribution in [2.24, 2.45) is 10.8 Å². The quantitative estimate of drug-likeness (QED) is 0.482. The maximum atomic E-state index is 12.8. The zero-order valence-corrected chi connectivity index (χ0v) is 20.9. The van der Waals surface area contributed by atoms with Crippen molar-refractivity contribution in [3.8, 4) is 0 Å². The van der Waals surface area contributed by atoms with E-state index < -0.39 is 10.8 Å². The van der Waals surface area contributed by atoms with Crippen molar-refractivity contribution < 1.29 is 9.59 Å². The molecule has 2 amide bonds. The third kappa shape index (κ3) is 6.60. The Morgan fingerprint density at radius 3 is 1.23 bits per heavy atom. The van der Waals surface area contributed by atoms with Gasteiger partial charge in [-0.05, 0) is 24.4 Å². The molecule has 0 spiro atoms. The van der Waals surface area contributed by atoms with Gasteiger partial charge >= 0.3 is 0 Å². The van der Waals surface area contributed by atoms with E-state index in [1.807, 2.05) is 51.3 Å². The Bertz CT molecular complexity index is 639. The van der Waals surface area contributed by atoms with Gasteiger partial charge in [0.25, 0.3) is 0 Å². The van der Waals surface area contributed by atoms with Gasteiger partial charge in [-0.25, -0.2) is 0 Å². The first-order chi connectivity index (χ1) is 13.8. The van der Waals surface area contributed by atoms with Crippen molar-refractivity contribution in [2.75, 3.05) is 39.3 Å². The number of hydrogen-bond donors (Lipinski definition) is 0. The second kappa shape index (κ2) is 10.5. The zero-order chi connectivity index (χ0) is 23.3. The van der Waals surface area contributed by atoms with E-state index in [2.05, 4.69) is 13.2 Å². The van der Waals surface area contributed by atoms with Crippen molar-refractivity contribution in [1.29, 1.82) is 0 Å². The molecule has 0 saturated carbocycles. The molecule has 0 bridgehead atoms. The minimum absolute atomic E-state index is 0.0294. The van der Waals surface area contributed by atoms with Gasteiger partial charge in [-0.2, -0.15) is 0 Å². The summed E-state index contributed by atoms with van der Waals surface area (Å²) in [6, 6.07) is 0. The smallest absolute Gasteiger partial charge is 0.234 e. The van der Waals surface area contributed by atoms with Crippen LogP contribution in [0.1, 0.15) is 41.5 Å². The van der Waals surface area contributed by atoms with Gasteiger partial charge in [-0.1, -0.05) is 53.7 Å². The number of hydrogen-bond acceptors (Lipinski definition) is 4. The van der Waals surface area contributed by atoms with E-state index in [1.165, 1.54) is 0 Å². The van der Waals surface area contributed by atoms with Gasteiger partial charge < -0.3 is 9.80 Å². The summed E-state index contributed by atoms with van der Waals surface area (Å²) >= 11 is 11.3. The lowest BCUT2D eigenvalue weighted by atomic mass is 9.95. The van der Waals surface area contributed by atoms with Crippen LogP contribution in [0.25, 0.3) is 0 Å². The van der Waals surface area contributed by atoms with Gasteiger partial charge in [0.15, 0.2) is 10.2 Å². The van der Waals surface area contributed by atoms with Crippen molar-refractivity contribution in [1.82, 2.24) is 19.6 Å². The van der Waals surface area contributed by atoms with Gasteiger partial charge in [0.1, 0.15) is 0 Å². The van der Waals surface area contributed by atoms with Crippen LogP contribution in [-0.4, -0.2) is 80.9 Å². The summed E-state index contributed by atoms with van der Waals surface area (Å²) in [5.74, 6) is -0.0587. The normalized spacial score (nSPS) is 14.7. The first-order valence-corrected chi connectivity index (χ1v) is 11.0. The van der Waals surface area contributed by atoms with Crippen LogP contribution in [-0.2, 0) is 9.59 Å². The van der Waals surface area contributed by atoms with E-state index in [0.29, 0.717) is 49.5 Å². The number of amides is 2. The highest BCUT2D eigenvalue weighted by Gasteiger charge is 2.34. The number of carbonyl (C=O) groups excluding carboxylic acids is 2. The molecule has 1 heterocycles. The predicted molar refractivity (Wildman–Crippen MR) is 131 cm³/mol. The van der Waals surface area contributed by atoms with Crippen molar-refractivity contribution in [2.45, 2.75) is 41.5 Å². The van der Waals surface area contributed by atoms with Crippen LogP contribution in [0.15, 0.2) is 25.3 Å². The van der Waals surface area contributed by atoms with Gasteiger partial charge in [0.2, 0.25) is 11.8 Å². The molecule has 0 N–H and O–H groups in total. The van der Waals surface area contributed by atoms with Crippen LogP contribution in [0.5, 0.6) is 0 Å². The van der Waals surface area contributed by atoms with E-state index in [1.54, 1.807) is 22.0 Å². The Balaban J connectivity index is 2.87. The van der Waals surface area contributed by atoms with Crippen LogP contribution in [0, 0.1) is 10.8 Å². The number of thiocarbonyl (C=S) groups is 2. The van der Waals surface area contributed by atoms with E-state index in [9.17, 15) is 9.59 Å². The van der Waals surface area contributed by atoms with Gasteiger partial charge in [0.05, 0.1) is 0 Å². The fourth-order valence-electron chi connectivity index (χ4n) is 2.99. The molecule has 0 aromatic heterocycles. The molecule has 8 heteroatoms. The third-order valence-corrected chi connectivity index (χ3v) is 5.64. The number of nitrogens with zero attached hydrogens (tertiary/aromatic N) is 4. The molecule has 1 aliphatic heterocycles. The number of piperazine rings is 1. The van der Waals surface area contributed by atoms with Crippen molar-refractivity contribution in [3.63, 3.8) is 0 Å². The maximum Gasteiger partial charge on any atom is 0.234 e. The minimum atomic E-state index is -0.533. The lowest BCUT2D eigenvalue weighted by molar-refractivity contribution is -0.136. The highest BCUT2D eigenvalue weighted by Crippen LogP contribution is 2.21. The maximum absolute atomic E-state index is 12.8.